The van der Waals surface area contributed by atoms with Crippen LogP contribution in [0.25, 0.3) is 22.2 Å². The predicted octanol–water partition coefficient (Wildman–Crippen LogP) is 3.10. The number of hydrogen-bond donors (Lipinski definition) is 1. The fourth-order valence-corrected chi connectivity index (χ4v) is 3.31. The van der Waals surface area contributed by atoms with Gasteiger partial charge >= 0.3 is 5.97 Å². The summed E-state index contributed by atoms with van der Waals surface area (Å²) in [7, 11) is 1.91. The molecule has 1 heterocycles. The number of aryl methyl sites for hydroxylation is 1. The van der Waals surface area contributed by atoms with Crippen molar-refractivity contribution in [2.45, 2.75) is 19.9 Å². The monoisotopic (exact) mass is 378 g/mol. The molecule has 6 heteroatoms. The summed E-state index contributed by atoms with van der Waals surface area (Å²) in [6, 6.07) is 16.4. The Hall–Kier alpha value is -3.41. The van der Waals surface area contributed by atoms with Gasteiger partial charge in [0.05, 0.1) is 11.3 Å². The number of amides is 1. The van der Waals surface area contributed by atoms with Crippen LogP contribution >= 0.6 is 0 Å². The lowest BCUT2D eigenvalue weighted by Crippen LogP contribution is -2.38. The molecule has 0 saturated carbocycles. The number of hydrogen-bond acceptors (Lipinski definition) is 4. The zero-order valence-corrected chi connectivity index (χ0v) is 16.1. The van der Waals surface area contributed by atoms with Crippen LogP contribution in [0.2, 0.25) is 0 Å². The number of nitrogens with one attached hydrogen (secondary N) is 1. The molecule has 0 aliphatic rings. The van der Waals surface area contributed by atoms with Crippen molar-refractivity contribution in [2.24, 2.45) is 7.05 Å². The predicted molar refractivity (Wildman–Crippen MR) is 107 cm³/mol. The van der Waals surface area contributed by atoms with E-state index in [1.165, 1.54) is 13.8 Å². The van der Waals surface area contributed by atoms with E-state index in [9.17, 15) is 14.4 Å². The number of carbonyl (C=O) groups is 3. The number of nitrogens with zero attached hydrogens (tertiary/aromatic N) is 1. The van der Waals surface area contributed by atoms with Crippen molar-refractivity contribution in [3.05, 3.63) is 60.2 Å². The zero-order chi connectivity index (χ0) is 20.3. The number of fused-ring (bicyclic) bond motifs is 1. The van der Waals surface area contributed by atoms with Crippen molar-refractivity contribution in [1.82, 2.24) is 9.88 Å². The second-order valence-electron chi connectivity index (χ2n) is 6.62. The molecule has 0 fully saturated rings. The molecule has 0 bridgehead atoms. The lowest BCUT2D eigenvalue weighted by molar-refractivity contribution is -0.146. The molecule has 3 aromatic rings. The number of ether oxygens (including phenoxy) is 1. The number of aromatic nitrogens is 1. The van der Waals surface area contributed by atoms with Gasteiger partial charge in [-0.15, -0.1) is 0 Å². The summed E-state index contributed by atoms with van der Waals surface area (Å²) < 4.78 is 7.13. The number of carbonyl (C=O) groups excluding carboxylic acids is 3. The molecule has 1 aromatic heterocycles. The van der Waals surface area contributed by atoms with E-state index < -0.39 is 18.6 Å². The van der Waals surface area contributed by atoms with E-state index in [1.54, 1.807) is 0 Å². The summed E-state index contributed by atoms with van der Waals surface area (Å²) in [4.78, 5) is 36.2. The average molecular weight is 378 g/mol. The third kappa shape index (κ3) is 3.81. The summed E-state index contributed by atoms with van der Waals surface area (Å²) in [5, 5.41) is 3.25. The quantitative estimate of drug-likeness (QED) is 0.528. The van der Waals surface area contributed by atoms with Crippen LogP contribution in [0, 0.1) is 0 Å². The molecular weight excluding hydrogens is 356 g/mol. The van der Waals surface area contributed by atoms with Gasteiger partial charge < -0.3 is 14.6 Å². The Morgan fingerprint density at radius 2 is 1.68 bits per heavy atom. The molecule has 0 aliphatic carbocycles. The highest BCUT2D eigenvalue weighted by molar-refractivity contribution is 6.14. The topological polar surface area (TPSA) is 77.4 Å². The van der Waals surface area contributed by atoms with Gasteiger partial charge in [-0.1, -0.05) is 48.5 Å². The molecule has 0 aliphatic heterocycles. The van der Waals surface area contributed by atoms with E-state index in [0.29, 0.717) is 5.56 Å². The van der Waals surface area contributed by atoms with Crippen LogP contribution in [0.5, 0.6) is 0 Å². The Morgan fingerprint density at radius 1 is 1.04 bits per heavy atom. The molecule has 1 N–H and O–H groups in total. The maximum Gasteiger partial charge on any atom is 0.328 e. The number of para-hydroxylation sites is 1. The van der Waals surface area contributed by atoms with Crippen molar-refractivity contribution >= 4 is 28.6 Å². The van der Waals surface area contributed by atoms with Crippen LogP contribution in [0.4, 0.5) is 0 Å². The van der Waals surface area contributed by atoms with Crippen LogP contribution in [0.15, 0.2) is 54.6 Å². The van der Waals surface area contributed by atoms with Gasteiger partial charge in [0.15, 0.2) is 6.61 Å². The van der Waals surface area contributed by atoms with E-state index in [0.717, 1.165) is 22.2 Å². The van der Waals surface area contributed by atoms with E-state index in [-0.39, 0.29) is 11.7 Å². The molecule has 1 unspecified atom stereocenters. The molecule has 28 heavy (non-hydrogen) atoms. The highest BCUT2D eigenvalue weighted by Gasteiger charge is 2.24. The summed E-state index contributed by atoms with van der Waals surface area (Å²) in [5.41, 5.74) is 3.12. The average Bonchev–Trinajstić information content (AvgIpc) is 2.99. The summed E-state index contributed by atoms with van der Waals surface area (Å²) >= 11 is 0. The van der Waals surface area contributed by atoms with Crippen LogP contribution in [-0.2, 0) is 21.4 Å². The fraction of sp³-hybridized carbons (Fsp3) is 0.227. The first-order chi connectivity index (χ1) is 13.4. The van der Waals surface area contributed by atoms with E-state index in [2.05, 4.69) is 5.32 Å². The molecule has 144 valence electrons. The molecule has 2 aromatic carbocycles. The lowest BCUT2D eigenvalue weighted by Gasteiger charge is -2.12. The van der Waals surface area contributed by atoms with E-state index >= 15 is 0 Å². The third-order valence-electron chi connectivity index (χ3n) is 4.55. The van der Waals surface area contributed by atoms with Gasteiger partial charge in [0, 0.05) is 24.9 Å². The summed E-state index contributed by atoms with van der Waals surface area (Å²) in [5.74, 6) is -1.28. The van der Waals surface area contributed by atoms with Crippen LogP contribution < -0.4 is 5.32 Å². The van der Waals surface area contributed by atoms with Crippen molar-refractivity contribution < 1.29 is 19.1 Å². The van der Waals surface area contributed by atoms with Gasteiger partial charge in [0.1, 0.15) is 6.04 Å². The minimum atomic E-state index is -0.814. The van der Waals surface area contributed by atoms with E-state index in [1.807, 2.05) is 66.2 Å². The van der Waals surface area contributed by atoms with Gasteiger partial charge in [-0.25, -0.2) is 4.79 Å². The number of esters is 1. The van der Waals surface area contributed by atoms with Crippen LogP contribution in [0.1, 0.15) is 24.2 Å². The largest absolute Gasteiger partial charge is 0.456 e. The van der Waals surface area contributed by atoms with Crippen molar-refractivity contribution in [3.8, 4) is 11.3 Å². The Bertz CT molecular complexity index is 1040. The number of ketones is 1. The Kier molecular flexibility index (Phi) is 5.59. The minimum absolute atomic E-state index is 0.293. The molecule has 1 amide bonds. The Morgan fingerprint density at radius 3 is 2.36 bits per heavy atom. The van der Waals surface area contributed by atoms with Crippen LogP contribution in [-0.4, -0.2) is 34.9 Å². The molecule has 0 radical (unpaired) electrons. The van der Waals surface area contributed by atoms with Gasteiger partial charge in [0.2, 0.25) is 11.7 Å². The van der Waals surface area contributed by atoms with Crippen molar-refractivity contribution in [1.29, 1.82) is 0 Å². The first-order valence-electron chi connectivity index (χ1n) is 9.00. The molecule has 0 spiro atoms. The SMILES string of the molecule is CC(=O)NC(C)C(=O)OCC(=O)c1c(-c2ccccc2)n(C)c2ccccc12. The fourth-order valence-electron chi connectivity index (χ4n) is 3.31. The first-order valence-corrected chi connectivity index (χ1v) is 9.00. The summed E-state index contributed by atoms with van der Waals surface area (Å²) in [6.07, 6.45) is 0. The zero-order valence-electron chi connectivity index (χ0n) is 16.1. The highest BCUT2D eigenvalue weighted by atomic mass is 16.5. The van der Waals surface area contributed by atoms with Crippen molar-refractivity contribution in [3.63, 3.8) is 0 Å². The Labute approximate surface area is 163 Å². The second-order valence-corrected chi connectivity index (χ2v) is 6.62. The standard InChI is InChI=1S/C22H22N2O4/c1-14(23-15(2)25)22(27)28-13-19(26)20-17-11-7-8-12-18(17)24(3)21(20)16-9-5-4-6-10-16/h4-12,14H,13H2,1-3H3,(H,23,25). The smallest absolute Gasteiger partial charge is 0.328 e. The van der Waals surface area contributed by atoms with Gasteiger partial charge in [-0.2, -0.15) is 0 Å². The van der Waals surface area contributed by atoms with E-state index in [4.69, 9.17) is 4.74 Å². The molecule has 0 saturated heterocycles. The molecule has 1 atom stereocenters. The van der Waals surface area contributed by atoms with Gasteiger partial charge in [-0.05, 0) is 18.6 Å². The van der Waals surface area contributed by atoms with Gasteiger partial charge in [-0.3, -0.25) is 9.59 Å². The lowest BCUT2D eigenvalue weighted by atomic mass is 10.0. The second kappa shape index (κ2) is 8.08. The van der Waals surface area contributed by atoms with Gasteiger partial charge in [0.25, 0.3) is 0 Å². The highest BCUT2D eigenvalue weighted by Crippen LogP contribution is 2.33. The third-order valence-corrected chi connectivity index (χ3v) is 4.55. The number of benzene rings is 2. The molecule has 6 nitrogen and oxygen atoms in total. The maximum atomic E-state index is 13.0. The number of Topliss-reactive ketones (excluding diaryl/α,β-unsaturated/α-hetero) is 1. The maximum absolute atomic E-state index is 13.0. The summed E-state index contributed by atoms with van der Waals surface area (Å²) in [6.45, 7) is 2.44. The minimum Gasteiger partial charge on any atom is -0.456 e. The normalized spacial score (nSPS) is 11.8. The Balaban J connectivity index is 1.95. The molecular formula is C22H22N2O4. The van der Waals surface area contributed by atoms with Crippen LogP contribution in [0.3, 0.4) is 0 Å². The first kappa shape index (κ1) is 19.4. The number of rotatable bonds is 6. The van der Waals surface area contributed by atoms with Crippen molar-refractivity contribution in [2.75, 3.05) is 6.61 Å². The molecule has 3 rings (SSSR count).